The molecule has 0 aliphatic carbocycles. The molecule has 9 heteroatoms. The number of fused-ring (bicyclic) bond motifs is 1. The summed E-state index contributed by atoms with van der Waals surface area (Å²) in [5.41, 5.74) is 2.27. The van der Waals surface area contributed by atoms with Crippen LogP contribution in [0.1, 0.15) is 18.9 Å². The van der Waals surface area contributed by atoms with E-state index in [1.54, 1.807) is 42.5 Å². The van der Waals surface area contributed by atoms with Gasteiger partial charge in [-0.2, -0.15) is 0 Å². The minimum Gasteiger partial charge on any atom is -0.325 e. The van der Waals surface area contributed by atoms with Gasteiger partial charge in [0.15, 0.2) is 0 Å². The average molecular weight is 478 g/mol. The molecular formula is C22H24ClN3O3S2. The first-order valence-electron chi connectivity index (χ1n) is 9.69. The molecule has 1 heterocycles. The highest BCUT2D eigenvalue weighted by molar-refractivity contribution is 8.00. The van der Waals surface area contributed by atoms with Gasteiger partial charge in [-0.3, -0.25) is 4.79 Å². The van der Waals surface area contributed by atoms with E-state index in [-0.39, 0.29) is 16.1 Å². The van der Waals surface area contributed by atoms with Crippen LogP contribution in [0.15, 0.2) is 58.5 Å². The van der Waals surface area contributed by atoms with Crippen LogP contribution in [0, 0.1) is 6.92 Å². The lowest BCUT2D eigenvalue weighted by Crippen LogP contribution is -2.24. The van der Waals surface area contributed by atoms with Crippen molar-refractivity contribution in [2.45, 2.75) is 35.4 Å². The maximum atomic E-state index is 12.7. The van der Waals surface area contributed by atoms with Crippen LogP contribution in [0.3, 0.4) is 0 Å². The van der Waals surface area contributed by atoms with Gasteiger partial charge < -0.3 is 5.32 Å². The second-order valence-electron chi connectivity index (χ2n) is 7.25. The fraction of sp³-hybridized carbons (Fsp3) is 0.273. The van der Waals surface area contributed by atoms with Crippen molar-refractivity contribution in [3.05, 3.63) is 59.1 Å². The molecule has 2 aromatic carbocycles. The zero-order valence-electron chi connectivity index (χ0n) is 17.7. The lowest BCUT2D eigenvalue weighted by atomic mass is 10.1. The van der Waals surface area contributed by atoms with E-state index in [9.17, 15) is 13.2 Å². The first-order valence-corrected chi connectivity index (χ1v) is 12.4. The van der Waals surface area contributed by atoms with Crippen molar-refractivity contribution >= 4 is 55.9 Å². The van der Waals surface area contributed by atoms with Crippen molar-refractivity contribution in [2.75, 3.05) is 19.4 Å². The molecule has 0 aliphatic heterocycles. The van der Waals surface area contributed by atoms with Gasteiger partial charge in [-0.15, -0.1) is 0 Å². The van der Waals surface area contributed by atoms with Crippen LogP contribution in [0.4, 0.5) is 5.69 Å². The Hall–Kier alpha value is -2.13. The highest BCUT2D eigenvalue weighted by atomic mass is 35.5. The summed E-state index contributed by atoms with van der Waals surface area (Å²) in [7, 11) is -0.514. The van der Waals surface area contributed by atoms with Crippen LogP contribution in [-0.4, -0.2) is 43.0 Å². The van der Waals surface area contributed by atoms with Gasteiger partial charge in [-0.1, -0.05) is 30.3 Å². The maximum absolute atomic E-state index is 12.7. The fourth-order valence-corrected chi connectivity index (χ4v) is 5.07. The van der Waals surface area contributed by atoms with Crippen LogP contribution in [0.25, 0.3) is 10.9 Å². The molecule has 0 radical (unpaired) electrons. The number of benzene rings is 2. The Morgan fingerprint density at radius 3 is 2.45 bits per heavy atom. The lowest BCUT2D eigenvalue weighted by molar-refractivity contribution is -0.115. The van der Waals surface area contributed by atoms with Crippen LogP contribution in [-0.2, 0) is 14.8 Å². The monoisotopic (exact) mass is 477 g/mol. The molecule has 3 rings (SSSR count). The third kappa shape index (κ3) is 5.38. The number of nitrogens with one attached hydrogen (secondary N) is 1. The van der Waals surface area contributed by atoms with E-state index in [1.165, 1.54) is 30.2 Å². The number of aryl methyl sites for hydroxylation is 1. The number of nitrogens with zero attached hydrogens (tertiary/aromatic N) is 2. The van der Waals surface area contributed by atoms with Gasteiger partial charge in [0.2, 0.25) is 15.9 Å². The smallest absolute Gasteiger partial charge is 0.242 e. The van der Waals surface area contributed by atoms with Crippen molar-refractivity contribution in [1.29, 1.82) is 0 Å². The van der Waals surface area contributed by atoms with Crippen LogP contribution < -0.4 is 5.32 Å². The average Bonchev–Trinajstić information content (AvgIpc) is 2.73. The van der Waals surface area contributed by atoms with Gasteiger partial charge in [0, 0.05) is 30.2 Å². The van der Waals surface area contributed by atoms with Gasteiger partial charge in [0.05, 0.1) is 20.7 Å². The van der Waals surface area contributed by atoms with Crippen molar-refractivity contribution in [3.8, 4) is 0 Å². The molecule has 0 fully saturated rings. The van der Waals surface area contributed by atoms with E-state index in [0.29, 0.717) is 27.7 Å². The molecule has 3 aromatic rings. The Balaban J connectivity index is 1.84. The number of carbonyl (C=O) groups excluding carboxylic acids is 1. The van der Waals surface area contributed by atoms with Crippen LogP contribution >= 0.6 is 23.4 Å². The van der Waals surface area contributed by atoms with E-state index in [1.807, 2.05) is 19.9 Å². The van der Waals surface area contributed by atoms with E-state index in [2.05, 4.69) is 10.3 Å². The minimum atomic E-state index is -3.52. The van der Waals surface area contributed by atoms with E-state index >= 15 is 0 Å². The van der Waals surface area contributed by atoms with Gasteiger partial charge in [-0.05, 0) is 67.4 Å². The number of aromatic nitrogens is 1. The molecule has 0 spiro atoms. The zero-order valence-corrected chi connectivity index (χ0v) is 20.1. The number of thioether (sulfide) groups is 1. The Morgan fingerprint density at radius 2 is 1.84 bits per heavy atom. The number of amides is 1. The van der Waals surface area contributed by atoms with Crippen molar-refractivity contribution in [1.82, 2.24) is 9.29 Å². The number of halogens is 1. The molecular weight excluding hydrogens is 454 g/mol. The summed E-state index contributed by atoms with van der Waals surface area (Å²) in [6, 6.07) is 13.8. The second-order valence-corrected chi connectivity index (χ2v) is 11.1. The Labute approximate surface area is 192 Å². The first kappa shape index (κ1) is 23.5. The van der Waals surface area contributed by atoms with Gasteiger partial charge in [-0.25, -0.2) is 17.7 Å². The molecule has 0 aliphatic rings. The van der Waals surface area contributed by atoms with Crippen molar-refractivity contribution in [3.63, 3.8) is 0 Å². The van der Waals surface area contributed by atoms with Gasteiger partial charge in [0.25, 0.3) is 0 Å². The molecule has 0 saturated carbocycles. The van der Waals surface area contributed by atoms with Crippen LogP contribution in [0.5, 0.6) is 0 Å². The topological polar surface area (TPSA) is 79.4 Å². The van der Waals surface area contributed by atoms with Crippen molar-refractivity contribution in [2.24, 2.45) is 0 Å². The summed E-state index contributed by atoms with van der Waals surface area (Å²) < 4.78 is 26.0. The summed E-state index contributed by atoms with van der Waals surface area (Å²) >= 11 is 7.28. The molecule has 1 amide bonds. The number of carbonyl (C=O) groups is 1. The number of hydrogen-bond donors (Lipinski definition) is 1. The SMILES string of the molecule is CC[C@H](Sc1cc(C)c2cc(S(=O)(=O)N(C)C)ccc2n1)C(=O)Nc1ccc(Cl)cc1. The first-order chi connectivity index (χ1) is 14.6. The summed E-state index contributed by atoms with van der Waals surface area (Å²) in [6.45, 7) is 3.86. The molecule has 0 unspecified atom stereocenters. The van der Waals surface area contributed by atoms with E-state index in [4.69, 9.17) is 11.6 Å². The number of sulfonamides is 1. The molecule has 0 saturated heterocycles. The third-order valence-electron chi connectivity index (χ3n) is 4.78. The lowest BCUT2D eigenvalue weighted by Gasteiger charge is -2.16. The summed E-state index contributed by atoms with van der Waals surface area (Å²) in [5, 5.41) is 4.68. The Bertz CT molecular complexity index is 1210. The van der Waals surface area contributed by atoms with Crippen molar-refractivity contribution < 1.29 is 13.2 Å². The van der Waals surface area contributed by atoms with Crippen LogP contribution in [0.2, 0.25) is 5.02 Å². The molecule has 1 atom stereocenters. The molecule has 31 heavy (non-hydrogen) atoms. The second kappa shape index (κ2) is 9.56. The number of rotatable bonds is 7. The Morgan fingerprint density at radius 1 is 1.16 bits per heavy atom. The predicted octanol–water partition coefficient (Wildman–Crippen LogP) is 4.96. The fourth-order valence-electron chi connectivity index (χ4n) is 3.00. The highest BCUT2D eigenvalue weighted by Gasteiger charge is 2.21. The normalized spacial score (nSPS) is 12.8. The largest absolute Gasteiger partial charge is 0.325 e. The quantitative estimate of drug-likeness (QED) is 0.487. The van der Waals surface area contributed by atoms with Gasteiger partial charge >= 0.3 is 0 Å². The molecule has 1 N–H and O–H groups in total. The van der Waals surface area contributed by atoms with Gasteiger partial charge in [0.1, 0.15) is 0 Å². The maximum Gasteiger partial charge on any atom is 0.242 e. The number of anilines is 1. The Kier molecular flexibility index (Phi) is 7.26. The number of pyridine rings is 1. The molecule has 164 valence electrons. The third-order valence-corrected chi connectivity index (χ3v) is 8.13. The molecule has 0 bridgehead atoms. The highest BCUT2D eigenvalue weighted by Crippen LogP contribution is 2.30. The zero-order chi connectivity index (χ0) is 22.8. The predicted molar refractivity (Wildman–Crippen MR) is 127 cm³/mol. The molecule has 1 aromatic heterocycles. The summed E-state index contributed by atoms with van der Waals surface area (Å²) in [5.74, 6) is -0.109. The summed E-state index contributed by atoms with van der Waals surface area (Å²) in [6.07, 6.45) is 0.628. The summed E-state index contributed by atoms with van der Waals surface area (Å²) in [4.78, 5) is 17.6. The van der Waals surface area contributed by atoms with E-state index in [0.717, 1.165) is 10.9 Å². The van der Waals surface area contributed by atoms with E-state index < -0.39 is 10.0 Å². The number of hydrogen-bond acceptors (Lipinski definition) is 5. The minimum absolute atomic E-state index is 0.109. The molecule has 6 nitrogen and oxygen atoms in total. The standard InChI is InChI=1S/C22H24ClN3O3S2/c1-5-20(22(27)24-16-8-6-15(23)7-9-16)30-21-12-14(2)18-13-17(10-11-19(18)25-21)31(28,29)26(3)4/h6-13,20H,5H2,1-4H3,(H,24,27)/t20-/m0/s1.